The zero-order valence-corrected chi connectivity index (χ0v) is 17.0. The first kappa shape index (κ1) is 18.2. The Morgan fingerprint density at radius 2 is 1.67 bits per heavy atom. The molecular formula is C24H31N3. The summed E-state index contributed by atoms with van der Waals surface area (Å²) in [4.78, 5) is 8.25. The van der Waals surface area contributed by atoms with Crippen LogP contribution in [0.25, 0.3) is 22.2 Å². The summed E-state index contributed by atoms with van der Waals surface area (Å²) in [7, 11) is 0. The van der Waals surface area contributed by atoms with Crippen molar-refractivity contribution in [3.8, 4) is 11.3 Å². The lowest BCUT2D eigenvalue weighted by molar-refractivity contribution is 0.396. The molecule has 1 saturated carbocycles. The van der Waals surface area contributed by atoms with Gasteiger partial charge in [-0.3, -0.25) is 4.98 Å². The highest BCUT2D eigenvalue weighted by atomic mass is 14.7. The second-order valence-electron chi connectivity index (χ2n) is 8.62. The van der Waals surface area contributed by atoms with E-state index in [0.29, 0.717) is 17.9 Å². The number of nitrogens with zero attached hydrogens (tertiary/aromatic N) is 1. The zero-order valence-electron chi connectivity index (χ0n) is 17.0. The molecule has 0 atom stereocenters. The number of benzene rings is 1. The molecule has 0 saturated heterocycles. The molecule has 27 heavy (non-hydrogen) atoms. The van der Waals surface area contributed by atoms with Gasteiger partial charge in [0.1, 0.15) is 0 Å². The number of H-pyrrole nitrogens is 1. The molecule has 3 heteroatoms. The van der Waals surface area contributed by atoms with Crippen molar-refractivity contribution in [3.63, 3.8) is 0 Å². The van der Waals surface area contributed by atoms with E-state index in [0.717, 1.165) is 24.2 Å². The third kappa shape index (κ3) is 3.53. The van der Waals surface area contributed by atoms with E-state index in [1.807, 2.05) is 0 Å². The molecule has 1 aromatic carbocycles. The van der Waals surface area contributed by atoms with Crippen LogP contribution in [0.1, 0.15) is 73.9 Å². The van der Waals surface area contributed by atoms with Gasteiger partial charge in [-0.05, 0) is 86.8 Å². The van der Waals surface area contributed by atoms with Gasteiger partial charge in [0.25, 0.3) is 0 Å². The molecule has 2 heterocycles. The van der Waals surface area contributed by atoms with Crippen LogP contribution in [0.4, 0.5) is 0 Å². The Bertz CT molecular complexity index is 939. The Labute approximate surface area is 162 Å². The van der Waals surface area contributed by atoms with E-state index in [4.69, 9.17) is 5.73 Å². The Kier molecular flexibility index (Phi) is 4.81. The predicted molar refractivity (Wildman–Crippen MR) is 114 cm³/mol. The van der Waals surface area contributed by atoms with Gasteiger partial charge < -0.3 is 10.7 Å². The zero-order chi connectivity index (χ0) is 19.1. The molecule has 0 amide bonds. The first-order valence-electron chi connectivity index (χ1n) is 10.3. The molecule has 2 aromatic heterocycles. The van der Waals surface area contributed by atoms with E-state index in [-0.39, 0.29) is 0 Å². The van der Waals surface area contributed by atoms with Crippen molar-refractivity contribution in [2.75, 3.05) is 0 Å². The molecule has 0 bridgehead atoms. The molecule has 0 aliphatic heterocycles. The van der Waals surface area contributed by atoms with Crippen LogP contribution < -0.4 is 5.73 Å². The molecule has 0 spiro atoms. The van der Waals surface area contributed by atoms with Crippen LogP contribution >= 0.6 is 0 Å². The number of aromatic nitrogens is 2. The molecule has 4 rings (SSSR count). The largest absolute Gasteiger partial charge is 0.354 e. The number of pyridine rings is 1. The molecule has 0 unspecified atom stereocenters. The molecule has 3 nitrogen and oxygen atoms in total. The maximum absolute atomic E-state index is 6.11. The van der Waals surface area contributed by atoms with Crippen molar-refractivity contribution in [2.45, 2.75) is 71.3 Å². The normalized spacial score (nSPS) is 20.5. The number of aromatic amines is 1. The van der Waals surface area contributed by atoms with Crippen LogP contribution in [0.2, 0.25) is 0 Å². The number of rotatable bonds is 3. The third-order valence-corrected chi connectivity index (χ3v) is 6.05. The van der Waals surface area contributed by atoms with Crippen molar-refractivity contribution >= 4 is 10.9 Å². The average Bonchev–Trinajstić information content (AvgIpc) is 3.00. The minimum Gasteiger partial charge on any atom is -0.354 e. The lowest BCUT2D eigenvalue weighted by Gasteiger charge is -2.26. The number of hydrogen-bond acceptors (Lipinski definition) is 2. The van der Waals surface area contributed by atoms with E-state index in [9.17, 15) is 0 Å². The fourth-order valence-electron chi connectivity index (χ4n) is 4.74. The van der Waals surface area contributed by atoms with Gasteiger partial charge in [-0.2, -0.15) is 0 Å². The molecule has 3 aromatic rings. The van der Waals surface area contributed by atoms with Crippen molar-refractivity contribution in [1.29, 1.82) is 0 Å². The minimum atomic E-state index is 0.397. The molecular weight excluding hydrogens is 330 g/mol. The summed E-state index contributed by atoms with van der Waals surface area (Å²) in [6, 6.07) is 11.8. The lowest BCUT2D eigenvalue weighted by atomic mass is 9.81. The second-order valence-corrected chi connectivity index (χ2v) is 8.62. The molecule has 1 aliphatic rings. The van der Waals surface area contributed by atoms with Gasteiger partial charge in [-0.15, -0.1) is 0 Å². The summed E-state index contributed by atoms with van der Waals surface area (Å²) in [5, 5.41) is 1.37. The van der Waals surface area contributed by atoms with Crippen molar-refractivity contribution in [3.05, 3.63) is 52.8 Å². The topological polar surface area (TPSA) is 54.7 Å². The summed E-state index contributed by atoms with van der Waals surface area (Å²) >= 11 is 0. The molecule has 0 radical (unpaired) electrons. The highest BCUT2D eigenvalue weighted by Crippen LogP contribution is 2.39. The Morgan fingerprint density at radius 1 is 1.00 bits per heavy atom. The fraction of sp³-hybridized carbons (Fsp3) is 0.458. The molecule has 1 fully saturated rings. The van der Waals surface area contributed by atoms with Gasteiger partial charge in [0.15, 0.2) is 0 Å². The summed E-state index contributed by atoms with van der Waals surface area (Å²) in [5.41, 5.74) is 14.9. The van der Waals surface area contributed by atoms with Gasteiger partial charge in [0.05, 0.1) is 5.69 Å². The smallest absolute Gasteiger partial charge is 0.0501 e. The summed E-state index contributed by atoms with van der Waals surface area (Å²) < 4.78 is 0. The van der Waals surface area contributed by atoms with Crippen LogP contribution in [0.5, 0.6) is 0 Å². The summed E-state index contributed by atoms with van der Waals surface area (Å²) in [6.07, 6.45) is 4.72. The Morgan fingerprint density at radius 3 is 2.30 bits per heavy atom. The monoisotopic (exact) mass is 361 g/mol. The molecule has 142 valence electrons. The van der Waals surface area contributed by atoms with E-state index < -0.39 is 0 Å². The van der Waals surface area contributed by atoms with Gasteiger partial charge in [0.2, 0.25) is 0 Å². The van der Waals surface area contributed by atoms with E-state index in [1.54, 1.807) is 0 Å². The number of nitrogens with one attached hydrogen (secondary N) is 1. The Hall–Kier alpha value is -2.13. The highest BCUT2D eigenvalue weighted by Gasteiger charge is 2.22. The predicted octanol–water partition coefficient (Wildman–Crippen LogP) is 5.96. The van der Waals surface area contributed by atoms with Gasteiger partial charge in [-0.1, -0.05) is 19.9 Å². The van der Waals surface area contributed by atoms with Crippen molar-refractivity contribution < 1.29 is 0 Å². The molecule has 3 N–H and O–H groups in total. The van der Waals surface area contributed by atoms with Crippen molar-refractivity contribution in [2.24, 2.45) is 5.73 Å². The molecule has 1 aliphatic carbocycles. The first-order valence-corrected chi connectivity index (χ1v) is 10.3. The minimum absolute atomic E-state index is 0.397. The standard InChI is InChI=1S/C24H31N3/c1-14(2)23-21-13-18(17-5-8-20(25)9-6-17)7-10-22(21)27-24(23)19-11-15(3)26-16(4)12-19/h7,10-14,17,20,27H,5-6,8-9,25H2,1-4H3. The third-order valence-electron chi connectivity index (χ3n) is 6.05. The summed E-state index contributed by atoms with van der Waals surface area (Å²) in [5.74, 6) is 1.11. The van der Waals surface area contributed by atoms with Gasteiger partial charge in [-0.25, -0.2) is 0 Å². The van der Waals surface area contributed by atoms with Crippen LogP contribution in [0.15, 0.2) is 30.3 Å². The summed E-state index contributed by atoms with van der Waals surface area (Å²) in [6.45, 7) is 8.72. The van der Waals surface area contributed by atoms with Crippen LogP contribution in [0, 0.1) is 13.8 Å². The van der Waals surface area contributed by atoms with Crippen LogP contribution in [0.3, 0.4) is 0 Å². The average molecular weight is 362 g/mol. The van der Waals surface area contributed by atoms with E-state index in [1.165, 1.54) is 46.1 Å². The fourth-order valence-corrected chi connectivity index (χ4v) is 4.74. The SMILES string of the molecule is Cc1cc(-c2[nH]c3ccc(C4CCC(N)CC4)cc3c2C(C)C)cc(C)n1. The van der Waals surface area contributed by atoms with Crippen LogP contribution in [-0.2, 0) is 0 Å². The van der Waals surface area contributed by atoms with Gasteiger partial charge >= 0.3 is 0 Å². The van der Waals surface area contributed by atoms with Crippen LogP contribution in [-0.4, -0.2) is 16.0 Å². The Balaban J connectivity index is 1.83. The van der Waals surface area contributed by atoms with Gasteiger partial charge in [0, 0.05) is 33.9 Å². The first-order chi connectivity index (χ1) is 12.9. The number of hydrogen-bond donors (Lipinski definition) is 2. The lowest BCUT2D eigenvalue weighted by Crippen LogP contribution is -2.25. The van der Waals surface area contributed by atoms with E-state index >= 15 is 0 Å². The maximum Gasteiger partial charge on any atom is 0.0501 e. The maximum atomic E-state index is 6.11. The number of nitrogens with two attached hydrogens (primary N) is 1. The van der Waals surface area contributed by atoms with E-state index in [2.05, 4.69) is 68.0 Å². The second kappa shape index (κ2) is 7.12. The van der Waals surface area contributed by atoms with Crippen molar-refractivity contribution in [1.82, 2.24) is 9.97 Å². The number of aryl methyl sites for hydroxylation is 2. The quantitative estimate of drug-likeness (QED) is 0.605. The number of fused-ring (bicyclic) bond motifs is 1. The highest BCUT2D eigenvalue weighted by molar-refractivity contribution is 5.92.